The largest absolute Gasteiger partial charge is 0.487 e. The van der Waals surface area contributed by atoms with E-state index in [2.05, 4.69) is 11.1 Å². The second kappa shape index (κ2) is 5.45. The van der Waals surface area contributed by atoms with Gasteiger partial charge in [-0.05, 0) is 17.7 Å². The van der Waals surface area contributed by atoms with Crippen molar-refractivity contribution in [2.45, 2.75) is 13.0 Å². The summed E-state index contributed by atoms with van der Waals surface area (Å²) in [6, 6.07) is 15.9. The average molecular weight is 263 g/mol. The van der Waals surface area contributed by atoms with E-state index >= 15 is 0 Å². The molecular weight excluding hydrogens is 250 g/mol. The summed E-state index contributed by atoms with van der Waals surface area (Å²) >= 11 is 0. The summed E-state index contributed by atoms with van der Waals surface area (Å²) in [4.78, 5) is 4.26. The Bertz CT molecular complexity index is 756. The maximum atomic E-state index is 8.86. The Labute approximate surface area is 116 Å². The van der Waals surface area contributed by atoms with Crippen LogP contribution in [0.3, 0.4) is 0 Å². The first-order valence-electron chi connectivity index (χ1n) is 6.36. The SMILES string of the molecule is N#CCc1ncn2cccc(OCc3ccccc3)c12. The quantitative estimate of drug-likeness (QED) is 0.727. The molecule has 2 heterocycles. The van der Waals surface area contributed by atoms with Crippen LogP contribution in [0.25, 0.3) is 5.52 Å². The van der Waals surface area contributed by atoms with Gasteiger partial charge in [-0.3, -0.25) is 0 Å². The lowest BCUT2D eigenvalue weighted by Crippen LogP contribution is -1.98. The van der Waals surface area contributed by atoms with Crippen molar-refractivity contribution in [3.63, 3.8) is 0 Å². The highest BCUT2D eigenvalue weighted by molar-refractivity contribution is 5.64. The molecule has 2 aromatic heterocycles. The molecular formula is C16H13N3O. The molecule has 20 heavy (non-hydrogen) atoms. The minimum absolute atomic E-state index is 0.280. The first-order valence-corrected chi connectivity index (χ1v) is 6.36. The van der Waals surface area contributed by atoms with Crippen LogP contribution >= 0.6 is 0 Å². The summed E-state index contributed by atoms with van der Waals surface area (Å²) < 4.78 is 7.76. The third kappa shape index (κ3) is 2.34. The van der Waals surface area contributed by atoms with Crippen molar-refractivity contribution in [1.29, 1.82) is 5.26 Å². The Morgan fingerprint density at radius 1 is 1.15 bits per heavy atom. The van der Waals surface area contributed by atoms with Crippen molar-refractivity contribution in [3.8, 4) is 11.8 Å². The average Bonchev–Trinajstić information content (AvgIpc) is 2.91. The predicted molar refractivity (Wildman–Crippen MR) is 75.3 cm³/mol. The maximum Gasteiger partial charge on any atom is 0.145 e. The Morgan fingerprint density at radius 3 is 2.80 bits per heavy atom. The normalized spacial score (nSPS) is 10.3. The molecule has 0 bridgehead atoms. The van der Waals surface area contributed by atoms with Crippen LogP contribution in [0.2, 0.25) is 0 Å². The van der Waals surface area contributed by atoms with Crippen molar-refractivity contribution in [2.75, 3.05) is 0 Å². The third-order valence-electron chi connectivity index (χ3n) is 3.08. The highest BCUT2D eigenvalue weighted by atomic mass is 16.5. The summed E-state index contributed by atoms with van der Waals surface area (Å²) in [6.45, 7) is 0.498. The molecule has 0 saturated carbocycles. The van der Waals surface area contributed by atoms with E-state index in [0.29, 0.717) is 6.61 Å². The van der Waals surface area contributed by atoms with Gasteiger partial charge in [0, 0.05) is 6.20 Å². The zero-order valence-corrected chi connectivity index (χ0v) is 10.9. The van der Waals surface area contributed by atoms with Gasteiger partial charge in [0.25, 0.3) is 0 Å². The van der Waals surface area contributed by atoms with Gasteiger partial charge in [-0.2, -0.15) is 5.26 Å². The fourth-order valence-corrected chi connectivity index (χ4v) is 2.14. The van der Waals surface area contributed by atoms with Gasteiger partial charge in [-0.25, -0.2) is 4.98 Å². The molecule has 3 aromatic rings. The van der Waals surface area contributed by atoms with Gasteiger partial charge in [-0.1, -0.05) is 30.3 Å². The first kappa shape index (κ1) is 12.2. The molecule has 0 spiro atoms. The molecule has 0 amide bonds. The van der Waals surface area contributed by atoms with Crippen molar-refractivity contribution in [2.24, 2.45) is 0 Å². The first-order chi connectivity index (χ1) is 9.88. The molecule has 0 atom stereocenters. The molecule has 0 aliphatic carbocycles. The van der Waals surface area contributed by atoms with Crippen LogP contribution in [0, 0.1) is 11.3 Å². The maximum absolute atomic E-state index is 8.86. The number of rotatable bonds is 4. The summed E-state index contributed by atoms with van der Waals surface area (Å²) in [7, 11) is 0. The molecule has 4 heteroatoms. The topological polar surface area (TPSA) is 50.3 Å². The van der Waals surface area contributed by atoms with E-state index in [1.807, 2.05) is 53.1 Å². The van der Waals surface area contributed by atoms with E-state index in [9.17, 15) is 0 Å². The number of pyridine rings is 1. The van der Waals surface area contributed by atoms with Gasteiger partial charge in [0.15, 0.2) is 0 Å². The van der Waals surface area contributed by atoms with Crippen molar-refractivity contribution in [1.82, 2.24) is 9.38 Å². The molecule has 0 aliphatic rings. The van der Waals surface area contributed by atoms with Crippen LogP contribution in [0.5, 0.6) is 5.75 Å². The zero-order chi connectivity index (χ0) is 13.8. The van der Waals surface area contributed by atoms with Gasteiger partial charge in [-0.15, -0.1) is 0 Å². The standard InChI is InChI=1S/C16H13N3O/c17-9-8-14-16-15(7-4-10-19(16)12-18-14)20-11-13-5-2-1-3-6-13/h1-7,10,12H,8,11H2. The van der Waals surface area contributed by atoms with Crippen molar-refractivity contribution < 1.29 is 4.74 Å². The Morgan fingerprint density at radius 2 is 2.00 bits per heavy atom. The third-order valence-corrected chi connectivity index (χ3v) is 3.08. The summed E-state index contributed by atoms with van der Waals surface area (Å²) in [5.41, 5.74) is 2.72. The Balaban J connectivity index is 1.91. The van der Waals surface area contributed by atoms with Crippen LogP contribution in [0.1, 0.15) is 11.3 Å². The minimum Gasteiger partial charge on any atom is -0.487 e. The van der Waals surface area contributed by atoms with Crippen molar-refractivity contribution >= 4 is 5.52 Å². The van der Waals surface area contributed by atoms with Gasteiger partial charge in [0.05, 0.1) is 24.5 Å². The fourth-order valence-electron chi connectivity index (χ4n) is 2.14. The molecule has 0 unspecified atom stereocenters. The number of ether oxygens (including phenoxy) is 1. The van der Waals surface area contributed by atoms with Gasteiger partial charge in [0.2, 0.25) is 0 Å². The molecule has 4 nitrogen and oxygen atoms in total. The predicted octanol–water partition coefficient (Wildman–Crippen LogP) is 2.98. The molecule has 0 radical (unpaired) electrons. The Kier molecular flexibility index (Phi) is 3.34. The fraction of sp³-hybridized carbons (Fsp3) is 0.125. The number of hydrogen-bond donors (Lipinski definition) is 0. The number of benzene rings is 1. The number of imidazole rings is 1. The Hall–Kier alpha value is -2.80. The van der Waals surface area contributed by atoms with Crippen LogP contribution in [0.15, 0.2) is 55.0 Å². The van der Waals surface area contributed by atoms with Gasteiger partial charge < -0.3 is 9.14 Å². The molecule has 98 valence electrons. The highest BCUT2D eigenvalue weighted by Gasteiger charge is 2.10. The van der Waals surface area contributed by atoms with E-state index in [1.54, 1.807) is 6.33 Å². The number of aromatic nitrogens is 2. The van der Waals surface area contributed by atoms with Crippen LogP contribution in [-0.4, -0.2) is 9.38 Å². The summed E-state index contributed by atoms with van der Waals surface area (Å²) in [5, 5.41) is 8.86. The van der Waals surface area contributed by atoms with Crippen LogP contribution in [-0.2, 0) is 13.0 Å². The van der Waals surface area contributed by atoms with E-state index in [-0.39, 0.29) is 6.42 Å². The number of nitrogens with zero attached hydrogens (tertiary/aromatic N) is 3. The second-order valence-electron chi connectivity index (χ2n) is 4.43. The minimum atomic E-state index is 0.280. The summed E-state index contributed by atoms with van der Waals surface area (Å²) in [6.07, 6.45) is 3.89. The van der Waals surface area contributed by atoms with E-state index in [0.717, 1.165) is 22.5 Å². The molecule has 3 rings (SSSR count). The highest BCUT2D eigenvalue weighted by Crippen LogP contribution is 2.24. The molecule has 0 aliphatic heterocycles. The molecule has 1 aromatic carbocycles. The summed E-state index contributed by atoms with van der Waals surface area (Å²) in [5.74, 6) is 0.749. The zero-order valence-electron chi connectivity index (χ0n) is 10.9. The van der Waals surface area contributed by atoms with Crippen molar-refractivity contribution in [3.05, 3.63) is 66.2 Å². The van der Waals surface area contributed by atoms with Crippen LogP contribution < -0.4 is 4.74 Å². The van der Waals surface area contributed by atoms with E-state index < -0.39 is 0 Å². The number of fused-ring (bicyclic) bond motifs is 1. The smallest absolute Gasteiger partial charge is 0.145 e. The molecule has 0 N–H and O–H groups in total. The van der Waals surface area contributed by atoms with Gasteiger partial charge in [0.1, 0.15) is 17.9 Å². The molecule has 0 saturated heterocycles. The van der Waals surface area contributed by atoms with Gasteiger partial charge >= 0.3 is 0 Å². The second-order valence-corrected chi connectivity index (χ2v) is 4.43. The number of nitriles is 1. The lowest BCUT2D eigenvalue weighted by Gasteiger charge is -2.08. The monoisotopic (exact) mass is 263 g/mol. The van der Waals surface area contributed by atoms with E-state index in [4.69, 9.17) is 10.00 Å². The molecule has 0 fully saturated rings. The lowest BCUT2D eigenvalue weighted by atomic mass is 10.2. The number of hydrogen-bond acceptors (Lipinski definition) is 3. The van der Waals surface area contributed by atoms with E-state index in [1.165, 1.54) is 0 Å². The lowest BCUT2D eigenvalue weighted by molar-refractivity contribution is 0.308. The van der Waals surface area contributed by atoms with Crippen LogP contribution in [0.4, 0.5) is 0 Å².